The third-order valence-electron chi connectivity index (χ3n) is 4.79. The number of rotatable bonds is 3. The highest BCUT2D eigenvalue weighted by atomic mass is 32.2. The van der Waals surface area contributed by atoms with Gasteiger partial charge in [0, 0.05) is 23.6 Å². The van der Waals surface area contributed by atoms with Crippen molar-refractivity contribution in [2.75, 3.05) is 5.75 Å². The van der Waals surface area contributed by atoms with Gasteiger partial charge in [0.2, 0.25) is 0 Å². The minimum Gasteiger partial charge on any atom is -0.306 e. The Labute approximate surface area is 121 Å². The molecule has 0 radical (unpaired) electrons. The lowest BCUT2D eigenvalue weighted by Gasteiger charge is -2.34. The number of thioether (sulfide) groups is 1. The Bertz CT molecular complexity index is 411. The smallest absolute Gasteiger partial charge is 0.0417 e. The summed E-state index contributed by atoms with van der Waals surface area (Å²) in [6.07, 6.45) is 7.18. The van der Waals surface area contributed by atoms with Gasteiger partial charge < -0.3 is 5.32 Å². The van der Waals surface area contributed by atoms with Gasteiger partial charge in [0.05, 0.1) is 0 Å². The Balaban J connectivity index is 1.66. The predicted molar refractivity (Wildman–Crippen MR) is 84.5 cm³/mol. The average Bonchev–Trinajstić information content (AvgIpc) is 2.48. The zero-order valence-electron chi connectivity index (χ0n) is 11.9. The molecule has 2 aliphatic rings. The number of hydrogen-bond acceptors (Lipinski definition) is 2. The summed E-state index contributed by atoms with van der Waals surface area (Å²) in [6.45, 7) is 2.40. The van der Waals surface area contributed by atoms with Crippen LogP contribution in [-0.4, -0.2) is 11.8 Å². The monoisotopic (exact) mass is 275 g/mol. The molecule has 1 aromatic rings. The van der Waals surface area contributed by atoms with E-state index in [2.05, 4.69) is 48.3 Å². The molecule has 1 heterocycles. The molecule has 3 rings (SSSR count). The zero-order chi connectivity index (χ0) is 13.1. The van der Waals surface area contributed by atoms with Crippen molar-refractivity contribution >= 4 is 11.8 Å². The molecular formula is C17H25NS. The molecule has 0 saturated heterocycles. The summed E-state index contributed by atoms with van der Waals surface area (Å²) in [7, 11) is 0. The van der Waals surface area contributed by atoms with Crippen molar-refractivity contribution in [3.05, 3.63) is 35.4 Å². The highest BCUT2D eigenvalue weighted by molar-refractivity contribution is 7.98. The Morgan fingerprint density at radius 2 is 1.95 bits per heavy atom. The van der Waals surface area contributed by atoms with E-state index in [0.29, 0.717) is 12.1 Å². The minimum atomic E-state index is 0.562. The maximum Gasteiger partial charge on any atom is 0.0417 e. The van der Waals surface area contributed by atoms with E-state index in [1.54, 1.807) is 5.56 Å². The third kappa shape index (κ3) is 3.17. The fourth-order valence-corrected chi connectivity index (χ4v) is 4.72. The number of benzene rings is 1. The van der Waals surface area contributed by atoms with E-state index in [1.165, 1.54) is 49.2 Å². The van der Waals surface area contributed by atoms with Crippen molar-refractivity contribution in [1.82, 2.24) is 5.32 Å². The lowest BCUT2D eigenvalue weighted by atomic mass is 9.84. The van der Waals surface area contributed by atoms with Crippen LogP contribution < -0.4 is 5.32 Å². The molecule has 2 heteroatoms. The van der Waals surface area contributed by atoms with Gasteiger partial charge in [0.1, 0.15) is 0 Å². The molecule has 1 fully saturated rings. The molecular weight excluding hydrogens is 250 g/mol. The molecule has 0 aromatic heterocycles. The third-order valence-corrected chi connectivity index (χ3v) is 5.88. The molecule has 1 aliphatic heterocycles. The van der Waals surface area contributed by atoms with E-state index in [0.717, 1.165) is 5.92 Å². The number of fused-ring (bicyclic) bond motifs is 1. The Hall–Kier alpha value is -0.470. The average molecular weight is 275 g/mol. The SMILES string of the molecule is C[C@@H](NC1CSCc2ccccc21)C1CCCCC1. The first-order chi connectivity index (χ1) is 9.34. The zero-order valence-corrected chi connectivity index (χ0v) is 12.7. The largest absolute Gasteiger partial charge is 0.306 e. The lowest BCUT2D eigenvalue weighted by molar-refractivity contribution is 0.268. The standard InChI is InChI=1S/C17H25NS/c1-13(14-7-3-2-4-8-14)18-17-12-19-11-15-9-5-6-10-16(15)17/h5-6,9-10,13-14,17-18H,2-4,7-8,11-12H2,1H3/t13-,17?/m1/s1. The first kappa shape index (κ1) is 13.5. The van der Waals surface area contributed by atoms with E-state index in [-0.39, 0.29) is 0 Å². The molecule has 0 amide bonds. The van der Waals surface area contributed by atoms with Crippen molar-refractivity contribution < 1.29 is 0 Å². The van der Waals surface area contributed by atoms with Crippen LogP contribution >= 0.6 is 11.8 Å². The minimum absolute atomic E-state index is 0.562. The second kappa shape index (κ2) is 6.32. The van der Waals surface area contributed by atoms with Gasteiger partial charge in [-0.25, -0.2) is 0 Å². The second-order valence-corrected chi connectivity index (χ2v) is 7.15. The molecule has 1 unspecified atom stereocenters. The predicted octanol–water partition coefficient (Wildman–Crippen LogP) is 4.53. The van der Waals surface area contributed by atoms with Gasteiger partial charge in [-0.05, 0) is 36.8 Å². The lowest BCUT2D eigenvalue weighted by Crippen LogP contribution is -2.39. The van der Waals surface area contributed by atoms with Crippen molar-refractivity contribution in [3.8, 4) is 0 Å². The maximum atomic E-state index is 3.92. The first-order valence-electron chi connectivity index (χ1n) is 7.76. The molecule has 0 spiro atoms. The highest BCUT2D eigenvalue weighted by Gasteiger charge is 2.25. The van der Waals surface area contributed by atoms with Crippen LogP contribution in [0.25, 0.3) is 0 Å². The Morgan fingerprint density at radius 3 is 2.79 bits per heavy atom. The molecule has 2 atom stereocenters. The van der Waals surface area contributed by atoms with Crippen LogP contribution in [0.2, 0.25) is 0 Å². The van der Waals surface area contributed by atoms with Crippen molar-refractivity contribution in [1.29, 1.82) is 0 Å². The maximum absolute atomic E-state index is 3.92. The highest BCUT2D eigenvalue weighted by Crippen LogP contribution is 2.33. The van der Waals surface area contributed by atoms with Crippen LogP contribution in [0.4, 0.5) is 0 Å². The van der Waals surface area contributed by atoms with Crippen LogP contribution in [0.3, 0.4) is 0 Å². The van der Waals surface area contributed by atoms with Crippen LogP contribution in [0, 0.1) is 5.92 Å². The summed E-state index contributed by atoms with van der Waals surface area (Å²) in [5.74, 6) is 3.31. The number of hydrogen-bond donors (Lipinski definition) is 1. The summed E-state index contributed by atoms with van der Waals surface area (Å²) < 4.78 is 0. The van der Waals surface area contributed by atoms with E-state index in [4.69, 9.17) is 0 Å². The van der Waals surface area contributed by atoms with Gasteiger partial charge in [0.25, 0.3) is 0 Å². The van der Waals surface area contributed by atoms with Crippen LogP contribution in [0.5, 0.6) is 0 Å². The van der Waals surface area contributed by atoms with Gasteiger partial charge in [0.15, 0.2) is 0 Å². The summed E-state index contributed by atoms with van der Waals surface area (Å²) in [5.41, 5.74) is 3.08. The molecule has 19 heavy (non-hydrogen) atoms. The molecule has 1 N–H and O–H groups in total. The summed E-state index contributed by atoms with van der Waals surface area (Å²) in [5, 5.41) is 3.92. The van der Waals surface area contributed by atoms with Crippen LogP contribution in [-0.2, 0) is 5.75 Å². The van der Waals surface area contributed by atoms with Crippen LogP contribution in [0.1, 0.15) is 56.2 Å². The van der Waals surface area contributed by atoms with Gasteiger partial charge >= 0.3 is 0 Å². The van der Waals surface area contributed by atoms with E-state index >= 15 is 0 Å². The first-order valence-corrected chi connectivity index (χ1v) is 8.91. The van der Waals surface area contributed by atoms with E-state index in [1.807, 2.05) is 0 Å². The molecule has 1 aliphatic carbocycles. The van der Waals surface area contributed by atoms with E-state index < -0.39 is 0 Å². The van der Waals surface area contributed by atoms with Gasteiger partial charge in [-0.3, -0.25) is 0 Å². The fraction of sp³-hybridized carbons (Fsp3) is 0.647. The van der Waals surface area contributed by atoms with Gasteiger partial charge in [-0.2, -0.15) is 11.8 Å². The summed E-state index contributed by atoms with van der Waals surface area (Å²) in [6, 6.07) is 10.2. The molecule has 1 nitrogen and oxygen atoms in total. The molecule has 0 bridgehead atoms. The van der Waals surface area contributed by atoms with Crippen molar-refractivity contribution in [2.45, 2.75) is 56.9 Å². The van der Waals surface area contributed by atoms with Crippen LogP contribution in [0.15, 0.2) is 24.3 Å². The van der Waals surface area contributed by atoms with E-state index in [9.17, 15) is 0 Å². The molecule has 1 saturated carbocycles. The Morgan fingerprint density at radius 1 is 1.16 bits per heavy atom. The summed E-state index contributed by atoms with van der Waals surface area (Å²) in [4.78, 5) is 0. The second-order valence-electron chi connectivity index (χ2n) is 6.12. The van der Waals surface area contributed by atoms with Gasteiger partial charge in [-0.1, -0.05) is 43.5 Å². The fourth-order valence-electron chi connectivity index (χ4n) is 3.61. The Kier molecular flexibility index (Phi) is 4.49. The molecule has 1 aromatic carbocycles. The summed E-state index contributed by atoms with van der Waals surface area (Å²) >= 11 is 2.07. The quantitative estimate of drug-likeness (QED) is 0.869. The van der Waals surface area contributed by atoms with Gasteiger partial charge in [-0.15, -0.1) is 0 Å². The van der Waals surface area contributed by atoms with Crippen molar-refractivity contribution in [3.63, 3.8) is 0 Å². The molecule has 104 valence electrons. The normalized spacial score (nSPS) is 25.8. The number of nitrogens with one attached hydrogen (secondary N) is 1. The van der Waals surface area contributed by atoms with Crippen molar-refractivity contribution in [2.24, 2.45) is 5.92 Å². The topological polar surface area (TPSA) is 12.0 Å².